The first kappa shape index (κ1) is 22.1. The quantitative estimate of drug-likeness (QED) is 0.280. The van der Waals surface area contributed by atoms with E-state index < -0.39 is 49.5 Å². The van der Waals surface area contributed by atoms with E-state index in [0.717, 1.165) is 5.56 Å². The van der Waals surface area contributed by atoms with E-state index in [9.17, 15) is 30.4 Å². The molecule has 0 radical (unpaired) electrons. The van der Waals surface area contributed by atoms with Crippen LogP contribution >= 0.6 is 0 Å². The highest BCUT2D eigenvalue weighted by atomic mass is 32.2. The second-order valence-corrected chi connectivity index (χ2v) is 8.83. The van der Waals surface area contributed by atoms with Gasteiger partial charge in [-0.1, -0.05) is 36.3 Å². The average molecular weight is 445 g/mol. The lowest BCUT2D eigenvalue weighted by Gasteiger charge is -2.30. The molecule has 3 rings (SSSR count). The molecule has 0 amide bonds. The van der Waals surface area contributed by atoms with Crippen LogP contribution in [0.1, 0.15) is 24.0 Å². The summed E-state index contributed by atoms with van der Waals surface area (Å²) in [5.74, 6) is -12.0. The van der Waals surface area contributed by atoms with Crippen molar-refractivity contribution in [3.8, 4) is 12.5 Å². The number of hydrogen-bond acceptors (Lipinski definition) is 3. The van der Waals surface area contributed by atoms with Crippen LogP contribution in [-0.2, 0) is 21.3 Å². The van der Waals surface area contributed by atoms with Crippen molar-refractivity contribution in [3.05, 3.63) is 64.5 Å². The van der Waals surface area contributed by atoms with E-state index in [4.69, 9.17) is 11.2 Å². The van der Waals surface area contributed by atoms with Crippen molar-refractivity contribution >= 4 is 10.0 Å². The first-order valence-electron chi connectivity index (χ1n) is 8.72. The minimum atomic E-state index is -5.17. The lowest BCUT2D eigenvalue weighted by molar-refractivity contribution is 0.161. The second kappa shape index (κ2) is 7.89. The van der Waals surface area contributed by atoms with Crippen molar-refractivity contribution < 1.29 is 35.1 Å². The molecule has 1 saturated carbocycles. The third-order valence-electron chi connectivity index (χ3n) is 4.94. The van der Waals surface area contributed by atoms with Crippen LogP contribution in [0.15, 0.2) is 29.2 Å². The van der Waals surface area contributed by atoms with Gasteiger partial charge in [0.05, 0.1) is 5.54 Å². The number of rotatable bonds is 7. The molecule has 0 aliphatic heterocycles. The van der Waals surface area contributed by atoms with Gasteiger partial charge in [0.15, 0.2) is 28.2 Å². The third-order valence-corrected chi connectivity index (χ3v) is 6.92. The molecular formula is C20H16F5NO3S. The molecule has 0 spiro atoms. The van der Waals surface area contributed by atoms with Gasteiger partial charge in [0, 0.05) is 6.54 Å². The molecule has 0 saturated heterocycles. The van der Waals surface area contributed by atoms with Crippen LogP contribution in [0.2, 0.25) is 0 Å². The minimum Gasteiger partial charge on any atom is -0.445 e. The zero-order valence-corrected chi connectivity index (χ0v) is 16.5. The summed E-state index contributed by atoms with van der Waals surface area (Å²) in [6.45, 7) is 1.12. The number of sulfonamides is 1. The topological polar surface area (TPSA) is 46.6 Å². The van der Waals surface area contributed by atoms with Gasteiger partial charge in [0.1, 0.15) is 12.7 Å². The molecule has 2 aromatic carbocycles. The van der Waals surface area contributed by atoms with Gasteiger partial charge in [0.2, 0.25) is 15.8 Å². The Hall–Kier alpha value is -2.64. The maximum Gasteiger partial charge on any atom is 0.250 e. The van der Waals surface area contributed by atoms with Crippen molar-refractivity contribution in [1.82, 2.24) is 4.31 Å². The van der Waals surface area contributed by atoms with Crippen LogP contribution in [0.4, 0.5) is 22.0 Å². The van der Waals surface area contributed by atoms with Crippen molar-refractivity contribution in [2.45, 2.75) is 36.7 Å². The normalized spacial score (nSPS) is 15.1. The van der Waals surface area contributed by atoms with Gasteiger partial charge in [-0.2, -0.15) is 4.31 Å². The molecule has 30 heavy (non-hydrogen) atoms. The summed E-state index contributed by atoms with van der Waals surface area (Å²) in [7, 11) is -5.17. The standard InChI is InChI=1S/C20H16F5NO3S/c1-3-29-11-20(8-9-20)26(10-13-6-4-12(2)5-7-13)30(27,28)19-17(24)15(22)14(21)16(23)18(19)25/h1,4-7H,8-11H2,2H3. The number of ether oxygens (including phenoxy) is 1. The highest BCUT2D eigenvalue weighted by Crippen LogP contribution is 2.46. The van der Waals surface area contributed by atoms with E-state index in [1.807, 2.05) is 6.11 Å². The molecule has 0 heterocycles. The number of halogens is 5. The predicted molar refractivity (Wildman–Crippen MR) is 96.9 cm³/mol. The van der Waals surface area contributed by atoms with Crippen LogP contribution in [0, 0.1) is 48.5 Å². The van der Waals surface area contributed by atoms with Gasteiger partial charge < -0.3 is 4.74 Å². The zero-order chi connectivity index (χ0) is 22.3. The first-order chi connectivity index (χ1) is 14.0. The van der Waals surface area contributed by atoms with Crippen molar-refractivity contribution in [2.75, 3.05) is 6.61 Å². The van der Waals surface area contributed by atoms with E-state index in [-0.39, 0.29) is 26.0 Å². The Morgan fingerprint density at radius 3 is 1.97 bits per heavy atom. The monoisotopic (exact) mass is 445 g/mol. The molecule has 1 fully saturated rings. The number of aryl methyl sites for hydroxylation is 1. The van der Waals surface area contributed by atoms with Gasteiger partial charge in [-0.3, -0.25) is 0 Å². The van der Waals surface area contributed by atoms with Gasteiger partial charge in [-0.15, -0.1) is 0 Å². The Morgan fingerprint density at radius 1 is 1.00 bits per heavy atom. The van der Waals surface area contributed by atoms with Gasteiger partial charge in [0.25, 0.3) is 0 Å². The summed E-state index contributed by atoms with van der Waals surface area (Å²) in [6.07, 6.45) is 7.41. The zero-order valence-electron chi connectivity index (χ0n) is 15.7. The highest BCUT2D eigenvalue weighted by molar-refractivity contribution is 7.89. The van der Waals surface area contributed by atoms with E-state index in [1.165, 1.54) is 0 Å². The summed E-state index contributed by atoms with van der Waals surface area (Å²) in [6, 6.07) is 6.56. The molecule has 2 aromatic rings. The largest absolute Gasteiger partial charge is 0.445 e. The van der Waals surface area contributed by atoms with Crippen LogP contribution in [0.5, 0.6) is 0 Å². The van der Waals surface area contributed by atoms with Crippen molar-refractivity contribution in [1.29, 1.82) is 0 Å². The molecule has 160 valence electrons. The summed E-state index contributed by atoms with van der Waals surface area (Å²) >= 11 is 0. The van der Waals surface area contributed by atoms with Crippen LogP contribution < -0.4 is 0 Å². The Kier molecular flexibility index (Phi) is 5.80. The fourth-order valence-electron chi connectivity index (χ4n) is 3.07. The molecule has 10 heteroatoms. The second-order valence-electron chi connectivity index (χ2n) is 7.03. The highest BCUT2D eigenvalue weighted by Gasteiger charge is 2.55. The van der Waals surface area contributed by atoms with Crippen molar-refractivity contribution in [3.63, 3.8) is 0 Å². The van der Waals surface area contributed by atoms with Gasteiger partial charge in [-0.05, 0) is 25.3 Å². The van der Waals surface area contributed by atoms with Crippen LogP contribution in [0.3, 0.4) is 0 Å². The number of nitrogens with zero attached hydrogens (tertiary/aromatic N) is 1. The molecule has 0 atom stereocenters. The lowest BCUT2D eigenvalue weighted by atomic mass is 10.1. The molecule has 4 nitrogen and oxygen atoms in total. The van der Waals surface area contributed by atoms with E-state index in [1.54, 1.807) is 31.2 Å². The first-order valence-corrected chi connectivity index (χ1v) is 10.2. The fraction of sp³-hybridized carbons (Fsp3) is 0.300. The van der Waals surface area contributed by atoms with E-state index in [0.29, 0.717) is 9.87 Å². The van der Waals surface area contributed by atoms with E-state index >= 15 is 0 Å². The molecular weight excluding hydrogens is 429 g/mol. The van der Waals surface area contributed by atoms with Gasteiger partial charge >= 0.3 is 0 Å². The summed E-state index contributed by atoms with van der Waals surface area (Å²) in [5, 5.41) is 0. The average Bonchev–Trinajstić information content (AvgIpc) is 3.49. The van der Waals surface area contributed by atoms with Gasteiger partial charge in [-0.25, -0.2) is 30.4 Å². The Morgan fingerprint density at radius 2 is 1.50 bits per heavy atom. The Balaban J connectivity index is 2.16. The maximum absolute atomic E-state index is 14.3. The summed E-state index contributed by atoms with van der Waals surface area (Å²) < 4.78 is 101. The smallest absolute Gasteiger partial charge is 0.250 e. The van der Waals surface area contributed by atoms with Crippen molar-refractivity contribution in [2.24, 2.45) is 0 Å². The number of hydrogen-bond donors (Lipinski definition) is 0. The fourth-order valence-corrected chi connectivity index (χ4v) is 4.99. The SMILES string of the molecule is C#COCC1(N(Cc2ccc(C)cc2)S(=O)(=O)c2c(F)c(F)c(F)c(F)c2F)CC1. The molecule has 0 N–H and O–H groups in total. The Labute approximate surface area is 170 Å². The molecule has 1 aliphatic carbocycles. The molecule has 1 aliphatic rings. The maximum atomic E-state index is 14.3. The number of benzene rings is 2. The van der Waals surface area contributed by atoms with Crippen LogP contribution in [-0.4, -0.2) is 24.9 Å². The summed E-state index contributed by atoms with van der Waals surface area (Å²) in [4.78, 5) is -1.90. The molecule has 0 bridgehead atoms. The molecule has 0 aromatic heterocycles. The summed E-state index contributed by atoms with van der Waals surface area (Å²) in [5.41, 5.74) is 0.0563. The molecule has 0 unspecified atom stereocenters. The predicted octanol–water partition coefficient (Wildman–Crippen LogP) is 4.02. The third kappa shape index (κ3) is 3.75. The number of terminal acetylenes is 1. The minimum absolute atomic E-state index is 0.231. The Bertz CT molecular complexity index is 1090. The van der Waals surface area contributed by atoms with Crippen LogP contribution in [0.25, 0.3) is 0 Å². The lowest BCUT2D eigenvalue weighted by Crippen LogP contribution is -2.45. The van der Waals surface area contributed by atoms with E-state index in [2.05, 4.69) is 0 Å².